The lowest BCUT2D eigenvalue weighted by molar-refractivity contribution is -0.121. The summed E-state index contributed by atoms with van der Waals surface area (Å²) in [6, 6.07) is 7.41. The van der Waals surface area contributed by atoms with Crippen molar-refractivity contribution >= 4 is 57.0 Å². The van der Waals surface area contributed by atoms with Gasteiger partial charge < -0.3 is 0 Å². The highest BCUT2D eigenvalue weighted by molar-refractivity contribution is 8.18. The van der Waals surface area contributed by atoms with Crippen molar-refractivity contribution in [2.45, 2.75) is 0 Å². The number of amides is 1. The summed E-state index contributed by atoms with van der Waals surface area (Å²) >= 11 is 8.90. The van der Waals surface area contributed by atoms with Crippen LogP contribution in [-0.2, 0) is 4.79 Å². The van der Waals surface area contributed by atoms with Crippen LogP contribution in [0.15, 0.2) is 58.4 Å². The Morgan fingerprint density at radius 3 is 2.91 bits per heavy atom. The molecule has 0 N–H and O–H groups in total. The predicted octanol–water partition coefficient (Wildman–Crippen LogP) is 4.59. The molecule has 0 unspecified atom stereocenters. The van der Waals surface area contributed by atoms with Crippen molar-refractivity contribution in [1.29, 1.82) is 0 Å². The minimum atomic E-state index is -0.106. The Morgan fingerprint density at radius 2 is 2.22 bits per heavy atom. The summed E-state index contributed by atoms with van der Waals surface area (Å²) < 4.78 is 0. The highest BCUT2D eigenvalue weighted by Crippen LogP contribution is 2.35. The molecule has 0 radical (unpaired) electrons. The molecule has 7 heteroatoms. The lowest BCUT2D eigenvalue weighted by Crippen LogP contribution is -2.29. The zero-order valence-electron chi connectivity index (χ0n) is 12.0. The summed E-state index contributed by atoms with van der Waals surface area (Å²) in [6.45, 7) is 4.10. The van der Waals surface area contributed by atoms with Crippen LogP contribution in [0, 0.1) is 0 Å². The average molecular weight is 362 g/mol. The van der Waals surface area contributed by atoms with Gasteiger partial charge in [0.2, 0.25) is 5.13 Å². The van der Waals surface area contributed by atoms with Gasteiger partial charge in [0.1, 0.15) is 0 Å². The molecule has 0 bridgehead atoms. The monoisotopic (exact) mass is 361 g/mol. The molecule has 2 aromatic rings. The van der Waals surface area contributed by atoms with Crippen LogP contribution in [0.1, 0.15) is 5.56 Å². The van der Waals surface area contributed by atoms with E-state index in [-0.39, 0.29) is 5.91 Å². The fraction of sp³-hybridized carbons (Fsp3) is 0.0625. The van der Waals surface area contributed by atoms with Gasteiger partial charge in [0.15, 0.2) is 5.17 Å². The van der Waals surface area contributed by atoms with Gasteiger partial charge in [-0.05, 0) is 29.5 Å². The van der Waals surface area contributed by atoms with Gasteiger partial charge in [0, 0.05) is 23.1 Å². The second-order valence-corrected chi connectivity index (χ2v) is 6.83. The summed E-state index contributed by atoms with van der Waals surface area (Å²) in [5.74, 6) is -0.106. The van der Waals surface area contributed by atoms with Gasteiger partial charge in [0.25, 0.3) is 5.91 Å². The molecule has 116 valence electrons. The smallest absolute Gasteiger partial charge is 0.267 e. The summed E-state index contributed by atoms with van der Waals surface area (Å²) in [6.07, 6.45) is 5.15. The second kappa shape index (κ2) is 7.12. The highest BCUT2D eigenvalue weighted by Gasteiger charge is 2.32. The molecular weight excluding hydrogens is 350 g/mol. The Labute approximate surface area is 147 Å². The van der Waals surface area contributed by atoms with E-state index in [2.05, 4.69) is 16.6 Å². The number of hydrogen-bond acceptors (Lipinski definition) is 5. The molecule has 1 saturated heterocycles. The Morgan fingerprint density at radius 1 is 1.39 bits per heavy atom. The number of hydrogen-bond donors (Lipinski definition) is 0. The number of rotatable bonds is 4. The number of benzene rings is 1. The Kier molecular flexibility index (Phi) is 4.95. The van der Waals surface area contributed by atoms with Crippen LogP contribution in [0.3, 0.4) is 0 Å². The molecular formula is C16H12ClN3OS2. The normalized spacial score (nSPS) is 18.1. The highest BCUT2D eigenvalue weighted by atomic mass is 35.5. The van der Waals surface area contributed by atoms with E-state index < -0.39 is 0 Å². The third kappa shape index (κ3) is 3.55. The van der Waals surface area contributed by atoms with Gasteiger partial charge >= 0.3 is 0 Å². The summed E-state index contributed by atoms with van der Waals surface area (Å²) in [5.41, 5.74) is 0.805. The molecule has 3 rings (SSSR count). The number of aromatic nitrogens is 1. The number of thioether (sulfide) groups is 1. The Balaban J connectivity index is 1.96. The zero-order valence-corrected chi connectivity index (χ0v) is 14.4. The third-order valence-corrected chi connectivity index (χ3v) is 5.02. The van der Waals surface area contributed by atoms with Gasteiger partial charge in [-0.15, -0.1) is 17.9 Å². The van der Waals surface area contributed by atoms with Gasteiger partial charge in [-0.1, -0.05) is 35.9 Å². The molecule has 2 heterocycles. The van der Waals surface area contributed by atoms with Crippen LogP contribution in [0.5, 0.6) is 0 Å². The van der Waals surface area contributed by atoms with E-state index in [1.807, 2.05) is 23.6 Å². The number of thiazole rings is 1. The molecule has 1 fully saturated rings. The Bertz CT molecular complexity index is 799. The van der Waals surface area contributed by atoms with Gasteiger partial charge in [-0.25, -0.2) is 4.98 Å². The van der Waals surface area contributed by atoms with Crippen LogP contribution in [0.2, 0.25) is 5.02 Å². The number of halogens is 1. The fourth-order valence-corrected chi connectivity index (χ4v) is 3.70. The quantitative estimate of drug-likeness (QED) is 0.591. The summed E-state index contributed by atoms with van der Waals surface area (Å²) in [5, 5.41) is 3.67. The van der Waals surface area contributed by atoms with Gasteiger partial charge in [-0.2, -0.15) is 4.99 Å². The lowest BCUT2D eigenvalue weighted by Gasteiger charge is -2.11. The maximum atomic E-state index is 12.6. The molecule has 0 spiro atoms. The van der Waals surface area contributed by atoms with Crippen molar-refractivity contribution in [2.75, 3.05) is 6.54 Å². The maximum absolute atomic E-state index is 12.6. The largest absolute Gasteiger partial charge is 0.282 e. The first kappa shape index (κ1) is 16.0. The predicted molar refractivity (Wildman–Crippen MR) is 98.1 cm³/mol. The van der Waals surface area contributed by atoms with Crippen LogP contribution in [0.4, 0.5) is 5.13 Å². The average Bonchev–Trinajstić information content (AvgIpc) is 3.14. The first-order chi connectivity index (χ1) is 11.2. The second-order valence-electron chi connectivity index (χ2n) is 4.55. The van der Waals surface area contributed by atoms with E-state index in [0.717, 1.165) is 5.56 Å². The van der Waals surface area contributed by atoms with Crippen molar-refractivity contribution in [3.05, 3.63) is 64.0 Å². The number of amidine groups is 1. The molecule has 0 atom stereocenters. The first-order valence-corrected chi connectivity index (χ1v) is 8.81. The fourth-order valence-electron chi connectivity index (χ4n) is 1.97. The van der Waals surface area contributed by atoms with E-state index in [1.54, 1.807) is 29.3 Å². The van der Waals surface area contributed by atoms with Crippen LogP contribution in [-0.4, -0.2) is 27.5 Å². The van der Waals surface area contributed by atoms with Crippen molar-refractivity contribution in [3.8, 4) is 0 Å². The molecule has 0 saturated carbocycles. The summed E-state index contributed by atoms with van der Waals surface area (Å²) in [7, 11) is 0. The lowest BCUT2D eigenvalue weighted by atomic mass is 10.2. The minimum absolute atomic E-state index is 0.106. The van der Waals surface area contributed by atoms with Crippen LogP contribution >= 0.6 is 34.7 Å². The van der Waals surface area contributed by atoms with Crippen molar-refractivity contribution in [2.24, 2.45) is 4.99 Å². The molecule has 23 heavy (non-hydrogen) atoms. The van der Waals surface area contributed by atoms with Crippen molar-refractivity contribution in [1.82, 2.24) is 9.88 Å². The SMILES string of the molecule is C=CCN1C(=O)/C(=C/c2ccccc2Cl)S/C1=N/c1nccs1. The van der Waals surface area contributed by atoms with Crippen LogP contribution in [0.25, 0.3) is 6.08 Å². The van der Waals surface area contributed by atoms with E-state index in [4.69, 9.17) is 11.6 Å². The number of aliphatic imine (C=N–C) groups is 1. The zero-order chi connectivity index (χ0) is 16.2. The van der Waals surface area contributed by atoms with E-state index in [9.17, 15) is 4.79 Å². The molecule has 1 aromatic carbocycles. The number of nitrogens with zero attached hydrogens (tertiary/aromatic N) is 3. The van der Waals surface area contributed by atoms with Crippen molar-refractivity contribution < 1.29 is 4.79 Å². The molecule has 4 nitrogen and oxygen atoms in total. The van der Waals surface area contributed by atoms with E-state index >= 15 is 0 Å². The maximum Gasteiger partial charge on any atom is 0.267 e. The van der Waals surface area contributed by atoms with Crippen molar-refractivity contribution in [3.63, 3.8) is 0 Å². The number of carbonyl (C=O) groups is 1. The first-order valence-electron chi connectivity index (χ1n) is 6.74. The van der Waals surface area contributed by atoms with Gasteiger partial charge in [0.05, 0.1) is 4.91 Å². The van der Waals surface area contributed by atoms with E-state index in [0.29, 0.717) is 26.8 Å². The number of carbonyl (C=O) groups excluding carboxylic acids is 1. The van der Waals surface area contributed by atoms with Crippen LogP contribution < -0.4 is 0 Å². The summed E-state index contributed by atoms with van der Waals surface area (Å²) in [4.78, 5) is 23.4. The molecule has 1 aliphatic heterocycles. The molecule has 1 aromatic heterocycles. The topological polar surface area (TPSA) is 45.6 Å². The minimum Gasteiger partial charge on any atom is -0.282 e. The van der Waals surface area contributed by atoms with Gasteiger partial charge in [-0.3, -0.25) is 9.69 Å². The molecule has 1 amide bonds. The van der Waals surface area contributed by atoms with E-state index in [1.165, 1.54) is 23.1 Å². The third-order valence-electron chi connectivity index (χ3n) is 3.00. The standard InChI is InChI=1S/C16H12ClN3OS2/c1-2-8-20-14(21)13(10-11-5-3-4-6-12(11)17)23-16(20)19-15-18-7-9-22-15/h2-7,9-10H,1,8H2/b13-10-,19-16+. The molecule has 1 aliphatic rings. The molecule has 0 aliphatic carbocycles. The Hall–Kier alpha value is -1.89.